The first kappa shape index (κ1) is 23.8. The first-order valence-corrected chi connectivity index (χ1v) is 11.6. The van der Waals surface area contributed by atoms with Gasteiger partial charge >= 0.3 is 6.61 Å². The number of hydrogen-bond donors (Lipinski definition) is 2. The van der Waals surface area contributed by atoms with Crippen LogP contribution in [0.25, 0.3) is 22.4 Å². The van der Waals surface area contributed by atoms with E-state index in [4.69, 9.17) is 19.3 Å². The van der Waals surface area contributed by atoms with Crippen LogP contribution in [-0.4, -0.2) is 24.1 Å². The molecule has 4 aromatic rings. The summed E-state index contributed by atoms with van der Waals surface area (Å²) >= 11 is 0. The summed E-state index contributed by atoms with van der Waals surface area (Å²) in [6.45, 7) is -0.701. The number of oxazole rings is 1. The molecular weight excluding hydrogens is 472 g/mol. The maximum absolute atomic E-state index is 13.0. The number of amides is 1. The number of para-hydroxylation sites is 1. The highest BCUT2D eigenvalue weighted by molar-refractivity contribution is 5.94. The molecule has 1 amide bonds. The van der Waals surface area contributed by atoms with E-state index < -0.39 is 18.6 Å². The zero-order valence-electron chi connectivity index (χ0n) is 19.5. The van der Waals surface area contributed by atoms with Gasteiger partial charge in [-0.25, -0.2) is 4.98 Å². The van der Waals surface area contributed by atoms with E-state index in [0.717, 1.165) is 29.4 Å². The monoisotopic (exact) mass is 497 g/mol. The number of halogens is 2. The largest absolute Gasteiger partial charge is 0.489 e. The molecule has 36 heavy (non-hydrogen) atoms. The quantitative estimate of drug-likeness (QED) is 0.300. The number of fused-ring (bicyclic) bond motifs is 1. The molecule has 10 heteroatoms. The Bertz CT molecular complexity index is 1380. The van der Waals surface area contributed by atoms with Crippen LogP contribution in [0.2, 0.25) is 0 Å². The van der Waals surface area contributed by atoms with Crippen molar-refractivity contribution in [2.75, 3.05) is 6.61 Å². The lowest BCUT2D eigenvalue weighted by Crippen LogP contribution is -2.25. The Balaban J connectivity index is 1.39. The standard InChI is InChI=1S/C26H25F2N3O5/c1-14(29)23-22(24(32)30-11-17-13-34-19-5-3-2-4-18(17)19)31-25(36-23)16-8-9-20(35-26(27)28)21(10-16)33-12-15-6-7-15/h2-5,8-10,13-15,26H,6-7,11-12,29H2,1H3,(H,30,32)/t14-/m0/s1. The summed E-state index contributed by atoms with van der Waals surface area (Å²) < 4.78 is 47.4. The Morgan fingerprint density at radius 2 is 2.03 bits per heavy atom. The van der Waals surface area contributed by atoms with Gasteiger partial charge < -0.3 is 29.4 Å². The lowest BCUT2D eigenvalue weighted by molar-refractivity contribution is -0.0515. The van der Waals surface area contributed by atoms with Crippen molar-refractivity contribution in [3.05, 3.63) is 65.7 Å². The van der Waals surface area contributed by atoms with Gasteiger partial charge in [0.25, 0.3) is 5.91 Å². The second-order valence-corrected chi connectivity index (χ2v) is 8.75. The molecule has 2 heterocycles. The van der Waals surface area contributed by atoms with E-state index in [0.29, 0.717) is 18.1 Å². The maximum atomic E-state index is 13.0. The van der Waals surface area contributed by atoms with E-state index in [9.17, 15) is 13.6 Å². The number of furan rings is 1. The van der Waals surface area contributed by atoms with Crippen molar-refractivity contribution in [3.8, 4) is 23.0 Å². The number of nitrogens with one attached hydrogen (secondary N) is 1. The number of hydrogen-bond acceptors (Lipinski definition) is 7. The molecule has 8 nitrogen and oxygen atoms in total. The van der Waals surface area contributed by atoms with Gasteiger partial charge in [-0.1, -0.05) is 18.2 Å². The molecule has 1 saturated carbocycles. The van der Waals surface area contributed by atoms with Crippen molar-refractivity contribution < 1.29 is 31.9 Å². The van der Waals surface area contributed by atoms with E-state index in [-0.39, 0.29) is 35.4 Å². The summed E-state index contributed by atoms with van der Waals surface area (Å²) in [5.74, 6) is 0.318. The van der Waals surface area contributed by atoms with Crippen LogP contribution in [0.15, 0.2) is 57.6 Å². The van der Waals surface area contributed by atoms with Crippen LogP contribution in [0.5, 0.6) is 11.5 Å². The molecule has 0 unspecified atom stereocenters. The van der Waals surface area contributed by atoms with Crippen molar-refractivity contribution in [2.45, 2.75) is 39.0 Å². The van der Waals surface area contributed by atoms with Crippen molar-refractivity contribution >= 4 is 16.9 Å². The molecular formula is C26H25F2N3O5. The highest BCUT2D eigenvalue weighted by Crippen LogP contribution is 2.37. The van der Waals surface area contributed by atoms with Gasteiger partial charge in [0.15, 0.2) is 23.0 Å². The molecule has 5 rings (SSSR count). The van der Waals surface area contributed by atoms with Gasteiger partial charge in [0.05, 0.1) is 18.9 Å². The van der Waals surface area contributed by atoms with Crippen molar-refractivity contribution in [1.29, 1.82) is 0 Å². The Morgan fingerprint density at radius 1 is 1.22 bits per heavy atom. The minimum absolute atomic E-state index is 0.0427. The van der Waals surface area contributed by atoms with Crippen molar-refractivity contribution in [1.82, 2.24) is 10.3 Å². The van der Waals surface area contributed by atoms with E-state index >= 15 is 0 Å². The van der Waals surface area contributed by atoms with E-state index in [1.807, 2.05) is 24.3 Å². The molecule has 1 aliphatic carbocycles. The third kappa shape index (κ3) is 5.18. The zero-order chi connectivity index (χ0) is 25.2. The number of carbonyl (C=O) groups excluding carboxylic acids is 1. The SMILES string of the molecule is C[C@H](N)c1oc(-c2ccc(OC(F)F)c(OCC3CC3)c2)nc1C(=O)NCc1coc2ccccc12. The molecule has 0 saturated heterocycles. The average molecular weight is 497 g/mol. The first-order chi connectivity index (χ1) is 17.4. The van der Waals surface area contributed by atoms with Crippen LogP contribution < -0.4 is 20.5 Å². The fraction of sp³-hybridized carbons (Fsp3) is 0.308. The van der Waals surface area contributed by atoms with Crippen LogP contribution in [0.3, 0.4) is 0 Å². The topological polar surface area (TPSA) is 113 Å². The molecule has 2 aromatic carbocycles. The van der Waals surface area contributed by atoms with Crippen LogP contribution in [-0.2, 0) is 6.54 Å². The lowest BCUT2D eigenvalue weighted by Gasteiger charge is -2.12. The Hall–Kier alpha value is -3.92. The number of carbonyl (C=O) groups is 1. The highest BCUT2D eigenvalue weighted by Gasteiger charge is 2.26. The fourth-order valence-corrected chi connectivity index (χ4v) is 3.79. The van der Waals surface area contributed by atoms with Gasteiger partial charge in [-0.3, -0.25) is 4.79 Å². The summed E-state index contributed by atoms with van der Waals surface area (Å²) in [4.78, 5) is 17.4. The fourth-order valence-electron chi connectivity index (χ4n) is 3.79. The normalized spacial score (nSPS) is 14.2. The maximum Gasteiger partial charge on any atom is 0.387 e. The van der Waals surface area contributed by atoms with Gasteiger partial charge in [-0.2, -0.15) is 8.78 Å². The Labute approximate surface area is 205 Å². The molecule has 1 atom stereocenters. The summed E-state index contributed by atoms with van der Waals surface area (Å²) in [5.41, 5.74) is 8.07. The van der Waals surface area contributed by atoms with Crippen molar-refractivity contribution in [2.24, 2.45) is 11.7 Å². The predicted octanol–water partition coefficient (Wildman–Crippen LogP) is 5.43. The number of ether oxygens (including phenoxy) is 2. The Morgan fingerprint density at radius 3 is 2.78 bits per heavy atom. The van der Waals surface area contributed by atoms with Crippen LogP contribution >= 0.6 is 0 Å². The van der Waals surface area contributed by atoms with Crippen LogP contribution in [0.1, 0.15) is 47.6 Å². The van der Waals surface area contributed by atoms with Gasteiger partial charge in [-0.05, 0) is 49.9 Å². The number of nitrogens with two attached hydrogens (primary N) is 1. The molecule has 2 aromatic heterocycles. The summed E-state index contributed by atoms with van der Waals surface area (Å²) in [7, 11) is 0. The molecule has 0 radical (unpaired) electrons. The van der Waals surface area contributed by atoms with E-state index in [1.54, 1.807) is 13.2 Å². The molecule has 0 spiro atoms. The smallest absolute Gasteiger partial charge is 0.387 e. The first-order valence-electron chi connectivity index (χ1n) is 11.6. The molecule has 1 fully saturated rings. The van der Waals surface area contributed by atoms with Gasteiger partial charge in [0, 0.05) is 23.1 Å². The number of alkyl halides is 2. The predicted molar refractivity (Wildman–Crippen MR) is 127 cm³/mol. The number of nitrogens with zero attached hydrogens (tertiary/aromatic N) is 1. The summed E-state index contributed by atoms with van der Waals surface area (Å²) in [6.07, 6.45) is 3.67. The molecule has 0 aliphatic heterocycles. The summed E-state index contributed by atoms with van der Waals surface area (Å²) in [6, 6.07) is 11.3. The van der Waals surface area contributed by atoms with Crippen molar-refractivity contribution in [3.63, 3.8) is 0 Å². The second kappa shape index (κ2) is 9.98. The third-order valence-electron chi connectivity index (χ3n) is 5.86. The van der Waals surface area contributed by atoms with Crippen LogP contribution in [0, 0.1) is 5.92 Å². The average Bonchev–Trinajstić information content (AvgIpc) is 3.42. The van der Waals surface area contributed by atoms with Gasteiger partial charge in [-0.15, -0.1) is 0 Å². The van der Waals surface area contributed by atoms with Gasteiger partial charge in [0.1, 0.15) is 5.58 Å². The molecule has 3 N–H and O–H groups in total. The third-order valence-corrected chi connectivity index (χ3v) is 5.86. The lowest BCUT2D eigenvalue weighted by atomic mass is 10.1. The minimum atomic E-state index is -2.99. The summed E-state index contributed by atoms with van der Waals surface area (Å²) in [5, 5.41) is 3.73. The number of rotatable bonds is 10. The highest BCUT2D eigenvalue weighted by atomic mass is 19.3. The Kier molecular flexibility index (Phi) is 6.60. The number of aromatic nitrogens is 1. The molecule has 1 aliphatic rings. The second-order valence-electron chi connectivity index (χ2n) is 8.75. The van der Waals surface area contributed by atoms with E-state index in [2.05, 4.69) is 15.0 Å². The minimum Gasteiger partial charge on any atom is -0.489 e. The van der Waals surface area contributed by atoms with Crippen LogP contribution in [0.4, 0.5) is 8.78 Å². The zero-order valence-corrected chi connectivity index (χ0v) is 19.5. The molecule has 188 valence electrons. The number of benzene rings is 2. The van der Waals surface area contributed by atoms with E-state index in [1.165, 1.54) is 18.2 Å². The molecule has 0 bridgehead atoms. The van der Waals surface area contributed by atoms with Gasteiger partial charge in [0.2, 0.25) is 5.89 Å².